The minimum atomic E-state index is -1.72. The molecule has 10 heteroatoms. The smallest absolute Gasteiger partial charge is 0.259 e. The normalized spacial score (nSPS) is 19.9. The number of aliphatic hydroxyl groups is 1. The molecule has 0 radical (unpaired) electrons. The summed E-state index contributed by atoms with van der Waals surface area (Å²) in [5.74, 6) is -1.05. The second-order valence-corrected chi connectivity index (χ2v) is 9.16. The van der Waals surface area contributed by atoms with Gasteiger partial charge >= 0.3 is 0 Å². The number of carbonyl (C=O) groups excluding carboxylic acids is 3. The van der Waals surface area contributed by atoms with E-state index in [0.29, 0.717) is 22.9 Å². The molecule has 0 spiro atoms. The number of rotatable bonds is 4. The van der Waals surface area contributed by atoms with Gasteiger partial charge in [0.05, 0.1) is 12.0 Å². The standard InChI is InChI=1S/C25H25N5O5/c1-25(2)17-12-15(4-6-18(17)29-24(25)34)30-9-10-35-20(23(30)33)19(31)22(32)28-14-3-5-16-13(11-14)7-8-27-21(16)26/h3-8,11-12,19-20,31H,9-10H2,1-2H3,(H2,26,27)(H,28,32)(H,29,34)/t19-,20?/m1/s1. The Labute approximate surface area is 201 Å². The molecule has 3 amide bonds. The Hall–Kier alpha value is -4.02. The van der Waals surface area contributed by atoms with Crippen molar-refractivity contribution in [1.29, 1.82) is 0 Å². The molecule has 5 rings (SSSR count). The van der Waals surface area contributed by atoms with Gasteiger partial charge in [0.15, 0.2) is 12.2 Å². The molecule has 0 bridgehead atoms. The molecule has 2 aliphatic heterocycles. The molecule has 3 heterocycles. The number of nitrogen functional groups attached to an aromatic ring is 1. The second-order valence-electron chi connectivity index (χ2n) is 9.16. The molecular formula is C25H25N5O5. The van der Waals surface area contributed by atoms with Crippen molar-refractivity contribution in [3.63, 3.8) is 0 Å². The predicted molar refractivity (Wildman–Crippen MR) is 131 cm³/mol. The molecule has 5 N–H and O–H groups in total. The van der Waals surface area contributed by atoms with Gasteiger partial charge in [-0.15, -0.1) is 0 Å². The zero-order valence-corrected chi connectivity index (χ0v) is 19.2. The number of carbonyl (C=O) groups is 3. The molecule has 35 heavy (non-hydrogen) atoms. The maximum Gasteiger partial charge on any atom is 0.259 e. The summed E-state index contributed by atoms with van der Waals surface area (Å²) in [6.45, 7) is 4.02. The molecule has 0 saturated carbocycles. The molecule has 10 nitrogen and oxygen atoms in total. The number of morpholine rings is 1. The average Bonchev–Trinajstić information content (AvgIpc) is 3.06. The van der Waals surface area contributed by atoms with Crippen LogP contribution in [0.25, 0.3) is 10.8 Å². The molecule has 2 aliphatic rings. The Morgan fingerprint density at radius 3 is 2.86 bits per heavy atom. The van der Waals surface area contributed by atoms with Crippen LogP contribution in [0, 0.1) is 0 Å². The first-order valence-electron chi connectivity index (χ1n) is 11.2. The lowest BCUT2D eigenvalue weighted by Crippen LogP contribution is -2.55. The van der Waals surface area contributed by atoms with Gasteiger partial charge in [-0.25, -0.2) is 4.98 Å². The zero-order valence-electron chi connectivity index (χ0n) is 19.2. The van der Waals surface area contributed by atoms with Crippen LogP contribution in [0.1, 0.15) is 19.4 Å². The summed E-state index contributed by atoms with van der Waals surface area (Å²) in [4.78, 5) is 43.8. The van der Waals surface area contributed by atoms with Crippen molar-refractivity contribution in [2.24, 2.45) is 0 Å². The fourth-order valence-corrected chi connectivity index (χ4v) is 4.45. The lowest BCUT2D eigenvalue weighted by Gasteiger charge is -2.34. The molecule has 2 aromatic carbocycles. The fourth-order valence-electron chi connectivity index (χ4n) is 4.45. The van der Waals surface area contributed by atoms with Gasteiger partial charge in [0.25, 0.3) is 11.8 Å². The molecule has 3 aromatic rings. The minimum absolute atomic E-state index is 0.115. The number of benzene rings is 2. The summed E-state index contributed by atoms with van der Waals surface area (Å²) in [6.07, 6.45) is -1.53. The van der Waals surface area contributed by atoms with E-state index in [-0.39, 0.29) is 19.1 Å². The van der Waals surface area contributed by atoms with Gasteiger partial charge in [-0.05, 0) is 67.3 Å². The number of nitrogens with zero attached hydrogens (tertiary/aromatic N) is 2. The van der Waals surface area contributed by atoms with Crippen LogP contribution in [-0.4, -0.2) is 53.2 Å². The Bertz CT molecular complexity index is 1370. The van der Waals surface area contributed by atoms with Crippen molar-refractivity contribution in [3.05, 3.63) is 54.2 Å². The Morgan fingerprint density at radius 2 is 2.06 bits per heavy atom. The van der Waals surface area contributed by atoms with E-state index in [1.165, 1.54) is 4.90 Å². The minimum Gasteiger partial charge on any atom is -0.383 e. The van der Waals surface area contributed by atoms with Crippen molar-refractivity contribution < 1.29 is 24.2 Å². The number of hydrogen-bond acceptors (Lipinski definition) is 7. The Kier molecular flexibility index (Phi) is 5.42. The summed E-state index contributed by atoms with van der Waals surface area (Å²) < 4.78 is 5.51. The molecule has 180 valence electrons. The molecule has 0 aliphatic carbocycles. The van der Waals surface area contributed by atoms with E-state index in [1.807, 2.05) is 13.8 Å². The maximum absolute atomic E-state index is 13.2. The van der Waals surface area contributed by atoms with Crippen molar-refractivity contribution in [3.8, 4) is 0 Å². The van der Waals surface area contributed by atoms with E-state index >= 15 is 0 Å². The van der Waals surface area contributed by atoms with Crippen LogP contribution in [0.5, 0.6) is 0 Å². The first-order valence-corrected chi connectivity index (χ1v) is 11.2. The monoisotopic (exact) mass is 475 g/mol. The number of hydrogen-bond donors (Lipinski definition) is 4. The summed E-state index contributed by atoms with van der Waals surface area (Å²) >= 11 is 0. The van der Waals surface area contributed by atoms with Gasteiger partial charge in [-0.2, -0.15) is 0 Å². The van der Waals surface area contributed by atoms with Crippen LogP contribution in [0.3, 0.4) is 0 Å². The van der Waals surface area contributed by atoms with Crippen LogP contribution < -0.4 is 21.3 Å². The molecule has 1 unspecified atom stereocenters. The van der Waals surface area contributed by atoms with Crippen molar-refractivity contribution in [2.75, 3.05) is 34.4 Å². The van der Waals surface area contributed by atoms with Gasteiger partial charge < -0.3 is 31.1 Å². The zero-order chi connectivity index (χ0) is 24.9. The molecule has 1 saturated heterocycles. The Balaban J connectivity index is 1.33. The van der Waals surface area contributed by atoms with Crippen molar-refractivity contribution in [2.45, 2.75) is 31.5 Å². The van der Waals surface area contributed by atoms with Gasteiger partial charge in [-0.1, -0.05) is 0 Å². The number of amides is 3. The number of nitrogens with one attached hydrogen (secondary N) is 2. The number of pyridine rings is 1. The summed E-state index contributed by atoms with van der Waals surface area (Å²) in [5, 5.41) is 17.7. The van der Waals surface area contributed by atoms with E-state index < -0.39 is 29.4 Å². The third-order valence-electron chi connectivity index (χ3n) is 6.54. The fraction of sp³-hybridized carbons (Fsp3) is 0.280. The third kappa shape index (κ3) is 3.86. The third-order valence-corrected chi connectivity index (χ3v) is 6.54. The molecule has 1 fully saturated rings. The van der Waals surface area contributed by atoms with E-state index in [2.05, 4.69) is 15.6 Å². The van der Waals surface area contributed by atoms with E-state index in [4.69, 9.17) is 10.5 Å². The summed E-state index contributed by atoms with van der Waals surface area (Å²) in [5.41, 5.74) is 7.61. The van der Waals surface area contributed by atoms with Crippen LogP contribution in [0.15, 0.2) is 48.7 Å². The molecule has 1 aromatic heterocycles. The topological polar surface area (TPSA) is 147 Å². The van der Waals surface area contributed by atoms with Gasteiger partial charge in [0.1, 0.15) is 5.82 Å². The van der Waals surface area contributed by atoms with Crippen molar-refractivity contribution >= 4 is 51.4 Å². The van der Waals surface area contributed by atoms with Gasteiger partial charge in [0.2, 0.25) is 5.91 Å². The van der Waals surface area contributed by atoms with E-state index in [1.54, 1.807) is 48.7 Å². The van der Waals surface area contributed by atoms with Crippen LogP contribution in [-0.2, 0) is 24.5 Å². The number of aliphatic hydroxyl groups excluding tert-OH is 1. The molecule has 2 atom stereocenters. The largest absolute Gasteiger partial charge is 0.383 e. The van der Waals surface area contributed by atoms with Crippen LogP contribution >= 0.6 is 0 Å². The second kappa shape index (κ2) is 8.33. The average molecular weight is 476 g/mol. The number of aromatic nitrogens is 1. The van der Waals surface area contributed by atoms with E-state index in [9.17, 15) is 19.5 Å². The Morgan fingerprint density at radius 1 is 1.26 bits per heavy atom. The number of fused-ring (bicyclic) bond motifs is 2. The van der Waals surface area contributed by atoms with E-state index in [0.717, 1.165) is 16.3 Å². The SMILES string of the molecule is CC1(C)C(=O)Nc2ccc(N3CCOC([C@@H](O)C(=O)Nc4ccc5c(N)nccc5c4)C3=O)cc21. The van der Waals surface area contributed by atoms with Gasteiger partial charge in [-0.3, -0.25) is 14.4 Å². The summed E-state index contributed by atoms with van der Waals surface area (Å²) in [7, 11) is 0. The number of nitrogens with two attached hydrogens (primary N) is 1. The van der Waals surface area contributed by atoms with Crippen LogP contribution in [0.4, 0.5) is 22.9 Å². The first kappa shape index (κ1) is 22.8. The highest BCUT2D eigenvalue weighted by atomic mass is 16.5. The highest BCUT2D eigenvalue weighted by Gasteiger charge is 2.42. The number of ether oxygens (including phenoxy) is 1. The highest BCUT2D eigenvalue weighted by Crippen LogP contribution is 2.39. The van der Waals surface area contributed by atoms with Crippen molar-refractivity contribution in [1.82, 2.24) is 4.98 Å². The maximum atomic E-state index is 13.2. The number of anilines is 4. The lowest BCUT2D eigenvalue weighted by molar-refractivity contribution is -0.150. The van der Waals surface area contributed by atoms with Gasteiger partial charge in [0, 0.05) is 35.2 Å². The first-order chi connectivity index (χ1) is 16.7. The lowest BCUT2D eigenvalue weighted by atomic mass is 9.86. The summed E-state index contributed by atoms with van der Waals surface area (Å²) in [6, 6.07) is 12.1. The molecular weight excluding hydrogens is 450 g/mol. The highest BCUT2D eigenvalue weighted by molar-refractivity contribution is 6.08. The quantitative estimate of drug-likeness (QED) is 0.450. The van der Waals surface area contributed by atoms with Crippen LogP contribution in [0.2, 0.25) is 0 Å². The predicted octanol–water partition coefficient (Wildman–Crippen LogP) is 1.78.